The predicted octanol–water partition coefficient (Wildman–Crippen LogP) is 2.38. The van der Waals surface area contributed by atoms with Crippen LogP contribution >= 0.6 is 0 Å². The molecular formula is C18H36N2O4. The molecule has 0 radical (unpaired) electrons. The van der Waals surface area contributed by atoms with Gasteiger partial charge in [-0.3, -0.25) is 9.59 Å². The molecule has 0 heterocycles. The van der Waals surface area contributed by atoms with Gasteiger partial charge in [0.1, 0.15) is 12.1 Å². The van der Waals surface area contributed by atoms with Crippen LogP contribution in [0.2, 0.25) is 0 Å². The number of unbranched alkanes of at least 4 members (excludes halogenated alkanes) is 3. The lowest BCUT2D eigenvalue weighted by molar-refractivity contribution is -0.146. The van der Waals surface area contributed by atoms with Gasteiger partial charge in [0, 0.05) is 0 Å². The van der Waals surface area contributed by atoms with Crippen molar-refractivity contribution in [2.24, 2.45) is 23.3 Å². The van der Waals surface area contributed by atoms with Gasteiger partial charge in [-0.05, 0) is 50.4 Å². The molecule has 0 unspecified atom stereocenters. The molecule has 2 atom stereocenters. The number of nitrogens with two attached hydrogens (primary N) is 2. The van der Waals surface area contributed by atoms with Crippen molar-refractivity contribution >= 4 is 11.9 Å². The molecule has 0 aliphatic rings. The molecule has 0 rings (SSSR count). The topological polar surface area (TPSA) is 105 Å². The Labute approximate surface area is 146 Å². The Morgan fingerprint density at radius 2 is 1.04 bits per heavy atom. The Morgan fingerprint density at radius 3 is 1.33 bits per heavy atom. The van der Waals surface area contributed by atoms with Gasteiger partial charge in [-0.1, -0.05) is 27.7 Å². The van der Waals surface area contributed by atoms with E-state index in [-0.39, 0.29) is 11.9 Å². The van der Waals surface area contributed by atoms with Crippen LogP contribution < -0.4 is 11.5 Å². The highest BCUT2D eigenvalue weighted by Crippen LogP contribution is 2.07. The zero-order valence-corrected chi connectivity index (χ0v) is 15.8. The Kier molecular flexibility index (Phi) is 12.6. The van der Waals surface area contributed by atoms with Crippen molar-refractivity contribution in [3.63, 3.8) is 0 Å². The third-order valence-electron chi connectivity index (χ3n) is 3.58. The summed E-state index contributed by atoms with van der Waals surface area (Å²) in [6, 6.07) is -1.06. The van der Waals surface area contributed by atoms with Gasteiger partial charge in [0.15, 0.2) is 0 Å². The monoisotopic (exact) mass is 344 g/mol. The number of hydrogen-bond donors (Lipinski definition) is 2. The summed E-state index contributed by atoms with van der Waals surface area (Å²) in [6.07, 6.45) is 4.71. The number of carbonyl (C=O) groups excluding carboxylic acids is 2. The van der Waals surface area contributed by atoms with E-state index in [2.05, 4.69) is 0 Å². The molecule has 0 fully saturated rings. The lowest BCUT2D eigenvalue weighted by Gasteiger charge is -2.14. The fourth-order valence-corrected chi connectivity index (χ4v) is 2.33. The van der Waals surface area contributed by atoms with E-state index in [0.29, 0.717) is 37.9 Å². The van der Waals surface area contributed by atoms with Crippen molar-refractivity contribution in [2.75, 3.05) is 13.2 Å². The van der Waals surface area contributed by atoms with Gasteiger partial charge in [0.05, 0.1) is 13.2 Å². The summed E-state index contributed by atoms with van der Waals surface area (Å²) in [4.78, 5) is 23.2. The minimum absolute atomic E-state index is 0.322. The SMILES string of the molecule is CC(C)C[C@H](N)C(=O)OCCCCCCOC(=O)[C@@H](N)CC(C)C. The van der Waals surface area contributed by atoms with E-state index in [1.807, 2.05) is 27.7 Å². The van der Waals surface area contributed by atoms with E-state index in [1.165, 1.54) is 0 Å². The second-order valence-corrected chi connectivity index (χ2v) is 7.22. The number of esters is 2. The van der Waals surface area contributed by atoms with Crippen LogP contribution in [0.4, 0.5) is 0 Å². The molecule has 142 valence electrons. The van der Waals surface area contributed by atoms with E-state index in [0.717, 1.165) is 25.7 Å². The van der Waals surface area contributed by atoms with Gasteiger partial charge < -0.3 is 20.9 Å². The molecule has 0 aromatic carbocycles. The molecule has 0 amide bonds. The second kappa shape index (κ2) is 13.2. The lowest BCUT2D eigenvalue weighted by Crippen LogP contribution is -2.33. The summed E-state index contributed by atoms with van der Waals surface area (Å²) in [5, 5.41) is 0. The van der Waals surface area contributed by atoms with Crippen molar-refractivity contribution in [3.05, 3.63) is 0 Å². The van der Waals surface area contributed by atoms with Crippen LogP contribution in [0.25, 0.3) is 0 Å². The number of hydrogen-bond acceptors (Lipinski definition) is 6. The number of ether oxygens (including phenoxy) is 2. The van der Waals surface area contributed by atoms with Gasteiger partial charge in [-0.2, -0.15) is 0 Å². The first kappa shape index (κ1) is 22.9. The molecule has 0 aliphatic heterocycles. The van der Waals surface area contributed by atoms with Gasteiger partial charge in [0.25, 0.3) is 0 Å². The molecule has 24 heavy (non-hydrogen) atoms. The average Bonchev–Trinajstić information content (AvgIpc) is 2.47. The van der Waals surface area contributed by atoms with Crippen molar-refractivity contribution in [1.29, 1.82) is 0 Å². The van der Waals surface area contributed by atoms with Gasteiger partial charge in [-0.25, -0.2) is 0 Å². The summed E-state index contributed by atoms with van der Waals surface area (Å²) in [5.41, 5.74) is 11.5. The first-order chi connectivity index (χ1) is 11.2. The maximum Gasteiger partial charge on any atom is 0.322 e. The van der Waals surface area contributed by atoms with Crippen LogP contribution in [0.15, 0.2) is 0 Å². The van der Waals surface area contributed by atoms with E-state index in [1.54, 1.807) is 0 Å². The van der Waals surface area contributed by atoms with Crippen molar-refractivity contribution in [2.45, 2.75) is 78.3 Å². The van der Waals surface area contributed by atoms with E-state index < -0.39 is 12.1 Å². The van der Waals surface area contributed by atoms with Crippen molar-refractivity contribution in [3.8, 4) is 0 Å². The van der Waals surface area contributed by atoms with Crippen molar-refractivity contribution < 1.29 is 19.1 Å². The Bertz CT molecular complexity index is 325. The fourth-order valence-electron chi connectivity index (χ4n) is 2.33. The zero-order chi connectivity index (χ0) is 18.5. The highest BCUT2D eigenvalue weighted by molar-refractivity contribution is 5.75. The average molecular weight is 344 g/mol. The van der Waals surface area contributed by atoms with Crippen LogP contribution in [0.3, 0.4) is 0 Å². The molecule has 4 N–H and O–H groups in total. The van der Waals surface area contributed by atoms with E-state index >= 15 is 0 Å². The summed E-state index contributed by atoms with van der Waals surface area (Å²) < 4.78 is 10.3. The minimum atomic E-state index is -0.528. The largest absolute Gasteiger partial charge is 0.465 e. The summed E-state index contributed by atoms with van der Waals surface area (Å²) in [6.45, 7) is 8.88. The van der Waals surface area contributed by atoms with E-state index in [9.17, 15) is 9.59 Å². The van der Waals surface area contributed by atoms with Crippen LogP contribution in [0.1, 0.15) is 66.2 Å². The Hall–Kier alpha value is -1.14. The van der Waals surface area contributed by atoms with Gasteiger partial charge in [-0.15, -0.1) is 0 Å². The maximum absolute atomic E-state index is 11.6. The van der Waals surface area contributed by atoms with E-state index in [4.69, 9.17) is 20.9 Å². The second-order valence-electron chi connectivity index (χ2n) is 7.22. The third-order valence-corrected chi connectivity index (χ3v) is 3.58. The molecule has 0 aromatic heterocycles. The third kappa shape index (κ3) is 12.3. The molecule has 0 saturated heterocycles. The normalized spacial score (nSPS) is 13.8. The van der Waals surface area contributed by atoms with Crippen LogP contribution in [0, 0.1) is 11.8 Å². The quantitative estimate of drug-likeness (QED) is 0.392. The lowest BCUT2D eigenvalue weighted by atomic mass is 10.1. The highest BCUT2D eigenvalue weighted by Gasteiger charge is 2.17. The highest BCUT2D eigenvalue weighted by atomic mass is 16.5. The number of rotatable bonds is 13. The standard InChI is InChI=1S/C18H36N2O4/c1-13(2)11-15(19)17(21)23-9-7-5-6-8-10-24-18(22)16(20)12-14(3)4/h13-16H,5-12,19-20H2,1-4H3/t15-,16-/m0/s1. The Balaban J connectivity index is 3.54. The zero-order valence-electron chi connectivity index (χ0n) is 15.8. The molecule has 6 nitrogen and oxygen atoms in total. The summed E-state index contributed by atoms with van der Waals surface area (Å²) >= 11 is 0. The van der Waals surface area contributed by atoms with Gasteiger partial charge in [0.2, 0.25) is 0 Å². The maximum atomic E-state index is 11.6. The molecule has 0 saturated carbocycles. The van der Waals surface area contributed by atoms with Crippen LogP contribution in [-0.2, 0) is 19.1 Å². The summed E-state index contributed by atoms with van der Waals surface area (Å²) in [7, 11) is 0. The minimum Gasteiger partial charge on any atom is -0.465 e. The first-order valence-corrected chi connectivity index (χ1v) is 9.08. The molecule has 0 aromatic rings. The van der Waals surface area contributed by atoms with Crippen LogP contribution in [0.5, 0.6) is 0 Å². The fraction of sp³-hybridized carbons (Fsp3) is 0.889. The van der Waals surface area contributed by atoms with Crippen LogP contribution in [-0.4, -0.2) is 37.2 Å². The summed E-state index contributed by atoms with van der Waals surface area (Å²) in [5.74, 6) is 0.112. The number of carbonyl (C=O) groups is 2. The molecular weight excluding hydrogens is 308 g/mol. The molecule has 0 bridgehead atoms. The smallest absolute Gasteiger partial charge is 0.322 e. The first-order valence-electron chi connectivity index (χ1n) is 9.08. The van der Waals surface area contributed by atoms with Gasteiger partial charge >= 0.3 is 11.9 Å². The molecule has 0 aliphatic carbocycles. The van der Waals surface area contributed by atoms with Crippen molar-refractivity contribution in [1.82, 2.24) is 0 Å². The molecule has 0 spiro atoms. The molecule has 6 heteroatoms. The Morgan fingerprint density at radius 1 is 0.708 bits per heavy atom. The predicted molar refractivity (Wildman–Crippen MR) is 95.2 cm³/mol.